The minimum absolute atomic E-state index is 0.358. The molecule has 4 aromatic rings. The van der Waals surface area contributed by atoms with Crippen LogP contribution in [0.4, 0.5) is 15.5 Å². The molecule has 0 amide bonds. The molecule has 3 heterocycles. The minimum atomic E-state index is -0.358. The number of hydrogen-bond donors (Lipinski definition) is 2. The molecule has 0 bridgehead atoms. The second-order valence-electron chi connectivity index (χ2n) is 5.69. The first-order chi connectivity index (χ1) is 13.1. The summed E-state index contributed by atoms with van der Waals surface area (Å²) in [4.78, 5) is 13.1. The Hall–Kier alpha value is -3.33. The maximum Gasteiger partial charge on any atom is 0.229 e. The third-order valence-corrected chi connectivity index (χ3v) is 4.62. The Balaban J connectivity index is 1.68. The van der Waals surface area contributed by atoms with E-state index < -0.39 is 0 Å². The molecular formula is C18H15FN6OS. The first-order valence-electron chi connectivity index (χ1n) is 8.04. The fourth-order valence-corrected chi connectivity index (χ4v) is 3.33. The highest BCUT2D eigenvalue weighted by atomic mass is 32.1. The number of ether oxygens (including phenoxy) is 1. The third kappa shape index (κ3) is 3.49. The number of aryl methyl sites for hydroxylation is 1. The van der Waals surface area contributed by atoms with Gasteiger partial charge in [0.1, 0.15) is 11.6 Å². The third-order valence-electron chi connectivity index (χ3n) is 3.86. The highest BCUT2D eigenvalue weighted by Crippen LogP contribution is 2.37. The van der Waals surface area contributed by atoms with Crippen molar-refractivity contribution < 1.29 is 9.13 Å². The maximum absolute atomic E-state index is 13.8. The fraction of sp³-hybridized carbons (Fsp3) is 0.111. The molecule has 0 unspecified atom stereocenters. The van der Waals surface area contributed by atoms with Gasteiger partial charge in [0.15, 0.2) is 5.13 Å². The van der Waals surface area contributed by atoms with Crippen LogP contribution in [-0.2, 0) is 0 Å². The van der Waals surface area contributed by atoms with Crippen LogP contribution in [0.3, 0.4) is 0 Å². The number of nitrogens with one attached hydrogen (secondary N) is 2. The van der Waals surface area contributed by atoms with E-state index in [4.69, 9.17) is 4.74 Å². The molecule has 0 saturated carbocycles. The van der Waals surface area contributed by atoms with Crippen molar-refractivity contribution in [2.24, 2.45) is 0 Å². The number of aromatic nitrogens is 5. The number of thiazole rings is 1. The van der Waals surface area contributed by atoms with Gasteiger partial charge in [0, 0.05) is 28.4 Å². The number of nitrogens with zero attached hydrogens (tertiary/aromatic N) is 4. The van der Waals surface area contributed by atoms with E-state index in [0.29, 0.717) is 33.8 Å². The van der Waals surface area contributed by atoms with Gasteiger partial charge >= 0.3 is 0 Å². The number of H-pyrrole nitrogens is 1. The molecule has 2 N–H and O–H groups in total. The first-order valence-corrected chi connectivity index (χ1v) is 8.92. The normalized spacial score (nSPS) is 10.8. The van der Waals surface area contributed by atoms with Gasteiger partial charge in [0.05, 0.1) is 24.7 Å². The van der Waals surface area contributed by atoms with Gasteiger partial charge in [0.25, 0.3) is 0 Å². The molecule has 0 fully saturated rings. The van der Waals surface area contributed by atoms with Crippen LogP contribution < -0.4 is 10.1 Å². The molecule has 3 aromatic heterocycles. The summed E-state index contributed by atoms with van der Waals surface area (Å²) in [6, 6.07) is 6.16. The number of hydrogen-bond acceptors (Lipinski definition) is 7. The van der Waals surface area contributed by atoms with Crippen molar-refractivity contribution in [1.82, 2.24) is 25.1 Å². The van der Waals surface area contributed by atoms with E-state index in [0.717, 1.165) is 11.3 Å². The number of aromatic amines is 1. The molecule has 0 aliphatic heterocycles. The van der Waals surface area contributed by atoms with Crippen molar-refractivity contribution in [3.63, 3.8) is 0 Å². The summed E-state index contributed by atoms with van der Waals surface area (Å²) in [6.07, 6.45) is 3.34. The summed E-state index contributed by atoms with van der Waals surface area (Å²) < 4.78 is 19.1. The van der Waals surface area contributed by atoms with E-state index >= 15 is 0 Å². The lowest BCUT2D eigenvalue weighted by atomic mass is 10.1. The molecule has 27 heavy (non-hydrogen) atoms. The Morgan fingerprint density at radius 3 is 2.89 bits per heavy atom. The van der Waals surface area contributed by atoms with Crippen LogP contribution in [0.2, 0.25) is 0 Å². The Morgan fingerprint density at radius 1 is 1.19 bits per heavy atom. The lowest BCUT2D eigenvalue weighted by molar-refractivity contribution is 0.415. The molecule has 0 saturated heterocycles. The number of benzene rings is 1. The molecule has 0 aliphatic carbocycles. The largest absolute Gasteiger partial charge is 0.496 e. The molecule has 9 heteroatoms. The highest BCUT2D eigenvalue weighted by molar-refractivity contribution is 7.14. The fourth-order valence-electron chi connectivity index (χ4n) is 2.62. The van der Waals surface area contributed by atoms with Gasteiger partial charge in [-0.2, -0.15) is 5.10 Å². The average Bonchev–Trinajstić information content (AvgIpc) is 3.30. The second-order valence-corrected chi connectivity index (χ2v) is 6.55. The van der Waals surface area contributed by atoms with Crippen LogP contribution in [-0.4, -0.2) is 32.3 Å². The SMILES string of the molecule is COc1ccc(F)cc1-c1[nH]ncc1-c1csc(Nc2nccc(C)n2)n1. The number of rotatable bonds is 5. The quantitative estimate of drug-likeness (QED) is 0.538. The lowest BCUT2D eigenvalue weighted by Crippen LogP contribution is -1.97. The number of halogens is 1. The zero-order chi connectivity index (χ0) is 18.8. The van der Waals surface area contributed by atoms with E-state index in [1.807, 2.05) is 18.4 Å². The predicted octanol–water partition coefficient (Wildman–Crippen LogP) is 4.19. The van der Waals surface area contributed by atoms with Gasteiger partial charge in [-0.05, 0) is 31.2 Å². The van der Waals surface area contributed by atoms with E-state index in [1.54, 1.807) is 25.6 Å². The van der Waals surface area contributed by atoms with Gasteiger partial charge in [-0.1, -0.05) is 0 Å². The van der Waals surface area contributed by atoms with E-state index in [9.17, 15) is 4.39 Å². The summed E-state index contributed by atoms with van der Waals surface area (Å²) in [5, 5.41) is 12.6. The van der Waals surface area contributed by atoms with Crippen molar-refractivity contribution in [1.29, 1.82) is 0 Å². The Bertz CT molecular complexity index is 1090. The maximum atomic E-state index is 13.8. The Kier molecular flexibility index (Phi) is 4.51. The zero-order valence-electron chi connectivity index (χ0n) is 14.5. The van der Waals surface area contributed by atoms with Crippen molar-refractivity contribution >= 4 is 22.4 Å². The molecular weight excluding hydrogens is 367 g/mol. The number of anilines is 2. The van der Waals surface area contributed by atoms with Crippen LogP contribution in [0.5, 0.6) is 5.75 Å². The van der Waals surface area contributed by atoms with E-state index in [1.165, 1.54) is 23.5 Å². The zero-order valence-corrected chi connectivity index (χ0v) is 15.3. The van der Waals surface area contributed by atoms with Crippen molar-refractivity contribution in [3.8, 4) is 28.3 Å². The summed E-state index contributed by atoms with van der Waals surface area (Å²) in [7, 11) is 1.54. The summed E-state index contributed by atoms with van der Waals surface area (Å²) in [5.41, 5.74) is 3.52. The van der Waals surface area contributed by atoms with Crippen LogP contribution in [0.15, 0.2) is 42.0 Å². The van der Waals surface area contributed by atoms with Crippen molar-refractivity contribution in [2.45, 2.75) is 6.92 Å². The summed E-state index contributed by atoms with van der Waals surface area (Å²) in [5.74, 6) is 0.669. The standard InChI is InChI=1S/C18H15FN6OS/c1-10-5-6-20-17(22-10)24-18-23-14(9-27-18)13-8-21-25-16(13)12-7-11(19)3-4-15(12)26-2/h3-9H,1-2H3,(H,21,25)(H,20,22,23,24). The van der Waals surface area contributed by atoms with Crippen LogP contribution in [0.25, 0.3) is 22.5 Å². The van der Waals surface area contributed by atoms with Crippen LogP contribution in [0, 0.1) is 12.7 Å². The van der Waals surface area contributed by atoms with E-state index in [-0.39, 0.29) is 5.82 Å². The molecule has 7 nitrogen and oxygen atoms in total. The van der Waals surface area contributed by atoms with Crippen molar-refractivity contribution in [3.05, 3.63) is 53.6 Å². The van der Waals surface area contributed by atoms with Crippen LogP contribution in [0.1, 0.15) is 5.69 Å². The smallest absolute Gasteiger partial charge is 0.229 e. The molecule has 1 aromatic carbocycles. The lowest BCUT2D eigenvalue weighted by Gasteiger charge is -2.08. The topological polar surface area (TPSA) is 88.6 Å². The summed E-state index contributed by atoms with van der Waals surface area (Å²) in [6.45, 7) is 1.89. The average molecular weight is 382 g/mol. The van der Waals surface area contributed by atoms with Gasteiger partial charge in [-0.15, -0.1) is 11.3 Å². The first kappa shape index (κ1) is 17.1. The van der Waals surface area contributed by atoms with Gasteiger partial charge in [-0.25, -0.2) is 19.3 Å². The Labute approximate surface area is 158 Å². The molecule has 0 spiro atoms. The summed E-state index contributed by atoms with van der Waals surface area (Å²) >= 11 is 1.42. The van der Waals surface area contributed by atoms with E-state index in [2.05, 4.69) is 30.5 Å². The van der Waals surface area contributed by atoms with Gasteiger partial charge < -0.3 is 10.1 Å². The molecule has 0 radical (unpaired) electrons. The molecule has 4 rings (SSSR count). The Morgan fingerprint density at radius 2 is 2.07 bits per heavy atom. The predicted molar refractivity (Wildman–Crippen MR) is 102 cm³/mol. The highest BCUT2D eigenvalue weighted by Gasteiger charge is 2.17. The number of methoxy groups -OCH3 is 1. The molecule has 136 valence electrons. The molecule has 0 atom stereocenters. The van der Waals surface area contributed by atoms with Gasteiger partial charge in [0.2, 0.25) is 5.95 Å². The van der Waals surface area contributed by atoms with Gasteiger partial charge in [-0.3, -0.25) is 5.10 Å². The second kappa shape index (κ2) is 7.12. The van der Waals surface area contributed by atoms with Crippen LogP contribution >= 0.6 is 11.3 Å². The monoisotopic (exact) mass is 382 g/mol. The van der Waals surface area contributed by atoms with Crippen molar-refractivity contribution in [2.75, 3.05) is 12.4 Å². The minimum Gasteiger partial charge on any atom is -0.496 e. The molecule has 0 aliphatic rings.